The minimum atomic E-state index is -0.211. The summed E-state index contributed by atoms with van der Waals surface area (Å²) in [7, 11) is 0. The lowest BCUT2D eigenvalue weighted by atomic mass is 10.4. The number of hydrogen-bond acceptors (Lipinski definition) is 2. The van der Waals surface area contributed by atoms with Crippen LogP contribution in [0.5, 0.6) is 0 Å². The minimum absolute atomic E-state index is 0. The van der Waals surface area contributed by atoms with Crippen molar-refractivity contribution in [1.29, 1.82) is 0 Å². The Bertz CT molecular complexity index is 112. The molecular weight excluding hydrogens is 116 g/mol. The number of likely N-dealkylation sites (tertiary alicyclic amines) is 1. The number of carbonyl (C=O) groups excluding carboxylic acids is 1. The Kier molecular flexibility index (Phi) is 2.05. The molecule has 9 heavy (non-hydrogen) atoms. The van der Waals surface area contributed by atoms with Crippen LogP contribution < -0.4 is 5.73 Å². The van der Waals surface area contributed by atoms with Crippen molar-refractivity contribution >= 4 is 5.91 Å². The molecule has 3 nitrogen and oxygen atoms in total. The summed E-state index contributed by atoms with van der Waals surface area (Å²) >= 11 is 0. The van der Waals surface area contributed by atoms with Gasteiger partial charge in [0.05, 0.1) is 6.54 Å². The average Bonchev–Trinajstić information content (AvgIpc) is 2.15. The number of hydrogen-bond donors (Lipinski definition) is 1. The van der Waals surface area contributed by atoms with Gasteiger partial charge in [-0.25, -0.2) is 0 Å². The fraction of sp³-hybridized carbons (Fsp3) is 0.833. The van der Waals surface area contributed by atoms with Crippen molar-refractivity contribution in [3.8, 4) is 0 Å². The summed E-state index contributed by atoms with van der Waals surface area (Å²) in [6.07, 6.45) is 2.43. The van der Waals surface area contributed by atoms with E-state index in [-0.39, 0.29) is 7.33 Å². The lowest BCUT2D eigenvalue weighted by Crippen LogP contribution is -2.31. The molecule has 0 saturated carbocycles. The first kappa shape index (κ1) is 6.55. The van der Waals surface area contributed by atoms with Crippen molar-refractivity contribution in [2.24, 2.45) is 5.73 Å². The van der Waals surface area contributed by atoms with E-state index in [9.17, 15) is 4.79 Å². The molecule has 1 amide bonds. The van der Waals surface area contributed by atoms with Gasteiger partial charge in [0.1, 0.15) is 0 Å². The highest BCUT2D eigenvalue weighted by atomic mass is 16.1. The van der Waals surface area contributed by atoms with Gasteiger partial charge in [0.15, 0.2) is 0 Å². The fourth-order valence-electron chi connectivity index (χ4n) is 1.16. The molecule has 0 aliphatic carbocycles. The second kappa shape index (κ2) is 2.82. The molecule has 1 aliphatic heterocycles. The maximum atomic E-state index is 10.3. The van der Waals surface area contributed by atoms with Crippen LogP contribution in [0.15, 0.2) is 0 Å². The largest absolute Gasteiger partial charge is 0.369 e. The van der Waals surface area contributed by atoms with Crippen LogP contribution in [0.4, 0.5) is 0 Å². The first-order valence-corrected chi connectivity index (χ1v) is 3.30. The van der Waals surface area contributed by atoms with E-state index in [2.05, 4.69) is 4.90 Å². The van der Waals surface area contributed by atoms with Crippen LogP contribution in [-0.4, -0.2) is 30.4 Å². The fourth-order valence-corrected chi connectivity index (χ4v) is 1.16. The summed E-state index contributed by atoms with van der Waals surface area (Å²) < 4.78 is 0. The molecule has 0 unspecified atom stereocenters. The van der Waals surface area contributed by atoms with E-state index >= 15 is 0 Å². The summed E-state index contributed by atoms with van der Waals surface area (Å²) in [4.78, 5) is 12.4. The second-order valence-corrected chi connectivity index (χ2v) is 2.45. The maximum Gasteiger partial charge on any atom is 0.231 e. The first-order chi connectivity index (χ1) is 4.29. The topological polar surface area (TPSA) is 46.3 Å². The van der Waals surface area contributed by atoms with Crippen molar-refractivity contribution in [3.63, 3.8) is 0 Å². The molecule has 1 rings (SSSR count). The average molecular weight is 130 g/mol. The molecule has 1 saturated heterocycles. The van der Waals surface area contributed by atoms with Crippen LogP contribution >= 0.6 is 0 Å². The Hall–Kier alpha value is -0.570. The van der Waals surface area contributed by atoms with E-state index in [0.717, 1.165) is 13.1 Å². The Morgan fingerprint density at radius 2 is 2.11 bits per heavy atom. The highest BCUT2D eigenvalue weighted by molar-refractivity contribution is 5.75. The van der Waals surface area contributed by atoms with Gasteiger partial charge in [-0.3, -0.25) is 9.69 Å². The van der Waals surface area contributed by atoms with Crippen molar-refractivity contribution in [2.45, 2.75) is 12.8 Å². The van der Waals surface area contributed by atoms with Crippen molar-refractivity contribution in [3.05, 3.63) is 0 Å². The van der Waals surface area contributed by atoms with E-state index in [1.165, 1.54) is 12.8 Å². The third-order valence-corrected chi connectivity index (χ3v) is 1.58. The molecule has 0 aromatic carbocycles. The summed E-state index contributed by atoms with van der Waals surface area (Å²) in [5, 5.41) is 0. The quantitative estimate of drug-likeness (QED) is 0.563. The van der Waals surface area contributed by atoms with Crippen LogP contribution in [0.1, 0.15) is 14.3 Å². The summed E-state index contributed by atoms with van der Waals surface area (Å²) in [6.45, 7) is 2.53. The smallest absolute Gasteiger partial charge is 0.231 e. The van der Waals surface area contributed by atoms with Crippen LogP contribution in [0.3, 0.4) is 0 Å². The highest BCUT2D eigenvalue weighted by Crippen LogP contribution is 2.05. The van der Waals surface area contributed by atoms with Gasteiger partial charge in [0.2, 0.25) is 5.91 Å². The Morgan fingerprint density at radius 3 is 2.56 bits per heavy atom. The van der Waals surface area contributed by atoms with Crippen molar-refractivity contribution in [2.75, 3.05) is 19.6 Å². The van der Waals surface area contributed by atoms with E-state index < -0.39 is 0 Å². The minimum Gasteiger partial charge on any atom is -0.369 e. The summed E-state index contributed by atoms with van der Waals surface area (Å²) in [5.74, 6) is -0.211. The lowest BCUT2D eigenvalue weighted by Gasteiger charge is -2.09. The number of nitrogens with zero attached hydrogens (tertiary/aromatic N) is 1. The molecule has 0 radical (unpaired) electrons. The zero-order chi connectivity index (χ0) is 6.69. The molecule has 54 valence electrons. The molecule has 0 aromatic rings. The molecule has 1 heterocycles. The highest BCUT2D eigenvalue weighted by Gasteiger charge is 2.12. The van der Waals surface area contributed by atoms with Crippen LogP contribution in [0, 0.1) is 0 Å². The third kappa shape index (κ3) is 2.01. The van der Waals surface area contributed by atoms with Gasteiger partial charge in [-0.05, 0) is 25.9 Å². The number of rotatable bonds is 2. The van der Waals surface area contributed by atoms with Crippen LogP contribution in [0.2, 0.25) is 0 Å². The zero-order valence-corrected chi connectivity index (χ0v) is 5.47. The summed E-state index contributed by atoms with van der Waals surface area (Å²) in [6, 6.07) is 0. The van der Waals surface area contributed by atoms with Gasteiger partial charge in [-0.15, -0.1) is 0 Å². The Balaban J connectivity index is 0.000000810. The first-order valence-electron chi connectivity index (χ1n) is 3.30. The standard InChI is InChI=1S/C6H12N2O.H2/c7-6(9)5-8-3-1-2-4-8;/h1-5H2,(H2,7,9);1H. The second-order valence-electron chi connectivity index (χ2n) is 2.45. The molecule has 0 atom stereocenters. The predicted octanol–water partition coefficient (Wildman–Crippen LogP) is -0.187. The lowest BCUT2D eigenvalue weighted by molar-refractivity contribution is -0.118. The molecule has 2 N–H and O–H groups in total. The van der Waals surface area contributed by atoms with E-state index in [4.69, 9.17) is 5.73 Å². The van der Waals surface area contributed by atoms with Crippen molar-refractivity contribution < 1.29 is 6.22 Å². The number of primary amides is 1. The van der Waals surface area contributed by atoms with Gasteiger partial charge < -0.3 is 5.73 Å². The van der Waals surface area contributed by atoms with Crippen LogP contribution in [-0.2, 0) is 4.79 Å². The van der Waals surface area contributed by atoms with E-state index in [1.807, 2.05) is 0 Å². The van der Waals surface area contributed by atoms with E-state index in [0.29, 0.717) is 6.54 Å². The van der Waals surface area contributed by atoms with Gasteiger partial charge in [0.25, 0.3) is 0 Å². The Morgan fingerprint density at radius 1 is 1.56 bits per heavy atom. The molecule has 0 aromatic heterocycles. The number of amides is 1. The third-order valence-electron chi connectivity index (χ3n) is 1.58. The SMILES string of the molecule is NC(=O)CN1CCCC1.[HH]. The van der Waals surface area contributed by atoms with Crippen molar-refractivity contribution in [1.82, 2.24) is 4.90 Å². The monoisotopic (exact) mass is 130 g/mol. The maximum absolute atomic E-state index is 10.3. The van der Waals surface area contributed by atoms with E-state index in [1.54, 1.807) is 0 Å². The normalized spacial score (nSPS) is 20.4. The molecule has 1 fully saturated rings. The van der Waals surface area contributed by atoms with Gasteiger partial charge in [-0.2, -0.15) is 0 Å². The zero-order valence-electron chi connectivity index (χ0n) is 5.47. The molecule has 0 bridgehead atoms. The number of nitrogens with two attached hydrogens (primary N) is 1. The van der Waals surface area contributed by atoms with Gasteiger partial charge >= 0.3 is 0 Å². The Labute approximate surface area is 56.3 Å². The number of carbonyl (C=O) groups is 1. The molecule has 1 aliphatic rings. The summed E-state index contributed by atoms with van der Waals surface area (Å²) in [5.41, 5.74) is 4.99. The van der Waals surface area contributed by atoms with Crippen LogP contribution in [0.25, 0.3) is 0 Å². The molecule has 3 heteroatoms. The molecule has 0 spiro atoms. The van der Waals surface area contributed by atoms with Gasteiger partial charge in [-0.1, -0.05) is 0 Å². The molecular formula is C6H14N2O. The van der Waals surface area contributed by atoms with Gasteiger partial charge in [0, 0.05) is 1.43 Å². The predicted molar refractivity (Wildman–Crippen MR) is 37.0 cm³/mol.